The SMILES string of the molecule is Cc1csc([C@H](C#N)C(=O)COC(=O)CCn2c(=O)oc3ccccc32)n1. The van der Waals surface area contributed by atoms with Crippen molar-refractivity contribution in [2.45, 2.75) is 25.8 Å². The standard InChI is InChI=1S/C18H15N3O5S/c1-11-10-27-17(20-11)12(8-19)14(22)9-25-16(23)6-7-21-13-4-2-3-5-15(13)26-18(21)24/h2-5,10,12H,6-7,9H2,1H3/t12-/m1/s1. The normalized spacial score (nSPS) is 11.9. The van der Waals surface area contributed by atoms with Gasteiger partial charge in [0.25, 0.3) is 0 Å². The monoisotopic (exact) mass is 385 g/mol. The molecule has 0 aliphatic heterocycles. The van der Waals surface area contributed by atoms with Crippen LogP contribution in [-0.2, 0) is 20.9 Å². The van der Waals surface area contributed by atoms with E-state index in [9.17, 15) is 19.6 Å². The number of hydrogen-bond donors (Lipinski definition) is 0. The number of hydrogen-bond acceptors (Lipinski definition) is 8. The van der Waals surface area contributed by atoms with Crippen molar-refractivity contribution in [3.05, 3.63) is 50.9 Å². The van der Waals surface area contributed by atoms with Crippen molar-refractivity contribution >= 4 is 34.2 Å². The molecule has 0 radical (unpaired) electrons. The van der Waals surface area contributed by atoms with Crippen molar-refractivity contribution in [1.29, 1.82) is 5.26 Å². The molecule has 1 aromatic carbocycles. The van der Waals surface area contributed by atoms with E-state index in [2.05, 4.69) is 4.98 Å². The molecular formula is C18H15N3O5S. The smallest absolute Gasteiger partial charge is 0.419 e. The predicted octanol–water partition coefficient (Wildman–Crippen LogP) is 2.17. The topological polar surface area (TPSA) is 115 Å². The lowest BCUT2D eigenvalue weighted by molar-refractivity contribution is -0.148. The molecule has 0 unspecified atom stereocenters. The summed E-state index contributed by atoms with van der Waals surface area (Å²) in [5.41, 5.74) is 1.73. The van der Waals surface area contributed by atoms with Gasteiger partial charge in [-0.15, -0.1) is 11.3 Å². The first kappa shape index (κ1) is 18.5. The van der Waals surface area contributed by atoms with Gasteiger partial charge in [-0.1, -0.05) is 12.1 Å². The predicted molar refractivity (Wildman–Crippen MR) is 96.3 cm³/mol. The van der Waals surface area contributed by atoms with Crippen LogP contribution < -0.4 is 5.76 Å². The third-order valence-electron chi connectivity index (χ3n) is 3.82. The van der Waals surface area contributed by atoms with Crippen LogP contribution in [0.3, 0.4) is 0 Å². The quantitative estimate of drug-likeness (QED) is 0.572. The highest BCUT2D eigenvalue weighted by Gasteiger charge is 2.24. The van der Waals surface area contributed by atoms with E-state index in [4.69, 9.17) is 9.15 Å². The number of ether oxygens (including phenoxy) is 1. The third-order valence-corrected chi connectivity index (χ3v) is 4.85. The van der Waals surface area contributed by atoms with Crippen LogP contribution in [0.4, 0.5) is 0 Å². The number of esters is 1. The summed E-state index contributed by atoms with van der Waals surface area (Å²) in [7, 11) is 0. The molecule has 0 aliphatic rings. The van der Waals surface area contributed by atoms with E-state index >= 15 is 0 Å². The van der Waals surface area contributed by atoms with Crippen molar-refractivity contribution in [2.75, 3.05) is 6.61 Å². The average Bonchev–Trinajstić information content (AvgIpc) is 3.21. The molecule has 0 bridgehead atoms. The van der Waals surface area contributed by atoms with Gasteiger partial charge in [0, 0.05) is 17.6 Å². The highest BCUT2D eigenvalue weighted by molar-refractivity contribution is 7.09. The lowest BCUT2D eigenvalue weighted by atomic mass is 10.1. The number of benzene rings is 1. The van der Waals surface area contributed by atoms with Gasteiger partial charge in [0.1, 0.15) is 5.01 Å². The van der Waals surface area contributed by atoms with E-state index in [0.29, 0.717) is 16.1 Å². The number of Topliss-reactive ketones (excluding diaryl/α,β-unsaturated/α-hetero) is 1. The fourth-order valence-corrected chi connectivity index (χ4v) is 3.37. The van der Waals surface area contributed by atoms with E-state index < -0.39 is 30.0 Å². The number of carbonyl (C=O) groups is 2. The van der Waals surface area contributed by atoms with E-state index in [0.717, 1.165) is 5.69 Å². The average molecular weight is 385 g/mol. The zero-order chi connectivity index (χ0) is 19.4. The number of aromatic nitrogens is 2. The van der Waals surface area contributed by atoms with Crippen molar-refractivity contribution in [3.63, 3.8) is 0 Å². The maximum atomic E-state index is 12.1. The zero-order valence-corrected chi connectivity index (χ0v) is 15.2. The fourth-order valence-electron chi connectivity index (χ4n) is 2.51. The van der Waals surface area contributed by atoms with Crippen molar-refractivity contribution in [3.8, 4) is 6.07 Å². The number of carbonyl (C=O) groups excluding carboxylic acids is 2. The Morgan fingerprint density at radius 2 is 2.19 bits per heavy atom. The molecule has 0 N–H and O–H groups in total. The molecule has 9 heteroatoms. The van der Waals surface area contributed by atoms with Gasteiger partial charge in [-0.25, -0.2) is 9.78 Å². The summed E-state index contributed by atoms with van der Waals surface area (Å²) in [4.78, 5) is 40.0. The number of rotatable bonds is 7. The van der Waals surface area contributed by atoms with Crippen LogP contribution in [0, 0.1) is 18.3 Å². The first-order valence-electron chi connectivity index (χ1n) is 8.08. The number of nitrogens with zero attached hydrogens (tertiary/aromatic N) is 3. The summed E-state index contributed by atoms with van der Waals surface area (Å²) in [5, 5.41) is 11.3. The molecule has 0 amide bonds. The fraction of sp³-hybridized carbons (Fsp3) is 0.278. The van der Waals surface area contributed by atoms with Gasteiger partial charge in [-0.05, 0) is 19.1 Å². The van der Waals surface area contributed by atoms with Crippen LogP contribution in [0.2, 0.25) is 0 Å². The third kappa shape index (κ3) is 4.12. The highest BCUT2D eigenvalue weighted by atomic mass is 32.1. The molecule has 3 aromatic rings. The number of ketones is 1. The van der Waals surface area contributed by atoms with Crippen LogP contribution >= 0.6 is 11.3 Å². The van der Waals surface area contributed by atoms with Gasteiger partial charge >= 0.3 is 11.7 Å². The minimum atomic E-state index is -1.06. The van der Waals surface area contributed by atoms with Gasteiger partial charge in [-0.2, -0.15) is 5.26 Å². The molecule has 3 rings (SSSR count). The Morgan fingerprint density at radius 3 is 2.89 bits per heavy atom. The highest BCUT2D eigenvalue weighted by Crippen LogP contribution is 2.20. The lowest BCUT2D eigenvalue weighted by Crippen LogP contribution is -2.22. The molecule has 0 spiro atoms. The van der Waals surface area contributed by atoms with Gasteiger partial charge in [-0.3, -0.25) is 14.2 Å². The molecule has 8 nitrogen and oxygen atoms in total. The Morgan fingerprint density at radius 1 is 1.41 bits per heavy atom. The molecule has 1 atom stereocenters. The molecule has 27 heavy (non-hydrogen) atoms. The molecule has 2 heterocycles. The zero-order valence-electron chi connectivity index (χ0n) is 14.4. The number of oxazole rings is 1. The van der Waals surface area contributed by atoms with Crippen molar-refractivity contribution < 1.29 is 18.7 Å². The van der Waals surface area contributed by atoms with E-state index in [-0.39, 0.29) is 13.0 Å². The number of fused-ring (bicyclic) bond motifs is 1. The molecule has 0 saturated carbocycles. The maximum Gasteiger partial charge on any atom is 0.419 e. The molecule has 0 aliphatic carbocycles. The number of nitriles is 1. The van der Waals surface area contributed by atoms with Crippen LogP contribution in [0.1, 0.15) is 23.0 Å². The number of thiazole rings is 1. The second kappa shape index (κ2) is 7.97. The summed E-state index contributed by atoms with van der Waals surface area (Å²) in [6, 6.07) is 8.75. The Hall–Kier alpha value is -3.25. The van der Waals surface area contributed by atoms with Gasteiger partial charge in [0.15, 0.2) is 23.9 Å². The van der Waals surface area contributed by atoms with Crippen LogP contribution in [0.25, 0.3) is 11.1 Å². The Kier molecular flexibility index (Phi) is 5.47. The van der Waals surface area contributed by atoms with E-state index in [1.54, 1.807) is 36.6 Å². The lowest BCUT2D eigenvalue weighted by Gasteiger charge is -2.07. The molecule has 2 aromatic heterocycles. The van der Waals surface area contributed by atoms with Gasteiger partial charge in [0.05, 0.1) is 18.0 Å². The summed E-state index contributed by atoms with van der Waals surface area (Å²) in [5.74, 6) is -2.81. The minimum Gasteiger partial charge on any atom is -0.458 e. The summed E-state index contributed by atoms with van der Waals surface area (Å²) < 4.78 is 11.4. The second-order valence-electron chi connectivity index (χ2n) is 5.75. The van der Waals surface area contributed by atoms with Crippen LogP contribution in [0.5, 0.6) is 0 Å². The number of aryl methyl sites for hydroxylation is 2. The molecule has 0 saturated heterocycles. The summed E-state index contributed by atoms with van der Waals surface area (Å²) in [6.07, 6.45) is -0.107. The molecule has 0 fully saturated rings. The first-order chi connectivity index (χ1) is 13.0. The maximum absolute atomic E-state index is 12.1. The first-order valence-corrected chi connectivity index (χ1v) is 8.96. The minimum absolute atomic E-state index is 0.0657. The van der Waals surface area contributed by atoms with Crippen LogP contribution in [-0.4, -0.2) is 27.9 Å². The molecule has 138 valence electrons. The Labute approximate surface area is 157 Å². The summed E-state index contributed by atoms with van der Waals surface area (Å²) >= 11 is 1.21. The van der Waals surface area contributed by atoms with E-state index in [1.165, 1.54) is 15.9 Å². The van der Waals surface area contributed by atoms with Gasteiger partial charge < -0.3 is 9.15 Å². The van der Waals surface area contributed by atoms with Crippen molar-refractivity contribution in [2.24, 2.45) is 0 Å². The summed E-state index contributed by atoms with van der Waals surface area (Å²) in [6.45, 7) is 1.31. The largest absolute Gasteiger partial charge is 0.458 e. The number of para-hydroxylation sites is 2. The molecular weight excluding hydrogens is 370 g/mol. The Bertz CT molecular complexity index is 1090. The van der Waals surface area contributed by atoms with E-state index in [1.807, 2.05) is 6.07 Å². The Balaban J connectivity index is 1.56. The van der Waals surface area contributed by atoms with Crippen LogP contribution in [0.15, 0.2) is 38.9 Å². The van der Waals surface area contributed by atoms with Gasteiger partial charge in [0.2, 0.25) is 0 Å². The van der Waals surface area contributed by atoms with Crippen molar-refractivity contribution in [1.82, 2.24) is 9.55 Å². The second-order valence-corrected chi connectivity index (χ2v) is 6.64.